The van der Waals surface area contributed by atoms with Gasteiger partial charge in [0.05, 0.1) is 0 Å². The van der Waals surface area contributed by atoms with Gasteiger partial charge in [-0.25, -0.2) is 0 Å². The molecular weight excluding hydrogens is 196 g/mol. The van der Waals surface area contributed by atoms with E-state index in [0.29, 0.717) is 0 Å². The number of hydrogen-bond acceptors (Lipinski definition) is 1. The van der Waals surface area contributed by atoms with Gasteiger partial charge in [-0.05, 0) is 55.7 Å². The molecule has 2 N–H and O–H groups in total. The van der Waals surface area contributed by atoms with Crippen molar-refractivity contribution in [2.75, 3.05) is 12.4 Å². The van der Waals surface area contributed by atoms with Crippen LogP contribution in [0.5, 0.6) is 0 Å². The molecule has 0 amide bonds. The van der Waals surface area contributed by atoms with E-state index in [4.69, 9.17) is 0 Å². The molecule has 2 aromatic rings. The van der Waals surface area contributed by atoms with Gasteiger partial charge in [0.1, 0.15) is 0 Å². The average molecular weight is 214 g/mol. The van der Waals surface area contributed by atoms with Crippen LogP contribution in [-0.2, 0) is 0 Å². The van der Waals surface area contributed by atoms with Gasteiger partial charge in [0.25, 0.3) is 0 Å². The highest BCUT2D eigenvalue weighted by molar-refractivity contribution is 5.66. The zero-order valence-electron chi connectivity index (χ0n) is 10.3. The molecule has 0 spiro atoms. The molecule has 16 heavy (non-hydrogen) atoms. The van der Waals surface area contributed by atoms with Crippen LogP contribution in [0.15, 0.2) is 24.3 Å². The third-order valence-corrected chi connectivity index (χ3v) is 3.08. The molecule has 0 aliphatic heterocycles. The summed E-state index contributed by atoms with van der Waals surface area (Å²) in [7, 11) is 1.95. The van der Waals surface area contributed by atoms with Crippen LogP contribution < -0.4 is 5.32 Å². The largest absolute Gasteiger partial charge is 0.388 e. The van der Waals surface area contributed by atoms with E-state index in [-0.39, 0.29) is 0 Å². The van der Waals surface area contributed by atoms with E-state index in [2.05, 4.69) is 55.3 Å². The minimum atomic E-state index is 1.18. The average Bonchev–Trinajstić information content (AvgIpc) is 2.59. The SMILES string of the molecule is CNc1ccc(-c2cc(C)c(C)[nH]2)cc1C. The predicted molar refractivity (Wildman–Crippen MR) is 70.0 cm³/mol. The van der Waals surface area contributed by atoms with Crippen LogP contribution in [0.25, 0.3) is 11.3 Å². The minimum Gasteiger partial charge on any atom is -0.388 e. The second-order valence-electron chi connectivity index (χ2n) is 4.27. The van der Waals surface area contributed by atoms with E-state index in [9.17, 15) is 0 Å². The van der Waals surface area contributed by atoms with Gasteiger partial charge in [-0.15, -0.1) is 0 Å². The van der Waals surface area contributed by atoms with E-state index in [1.165, 1.54) is 33.8 Å². The molecule has 0 atom stereocenters. The molecular formula is C14H18N2. The molecule has 0 unspecified atom stereocenters. The predicted octanol–water partition coefficient (Wildman–Crippen LogP) is 3.65. The Balaban J connectivity index is 2.45. The Kier molecular flexibility index (Phi) is 2.73. The third kappa shape index (κ3) is 1.83. The number of aryl methyl sites for hydroxylation is 3. The lowest BCUT2D eigenvalue weighted by Crippen LogP contribution is -1.91. The van der Waals surface area contributed by atoms with E-state index < -0.39 is 0 Å². The normalized spacial score (nSPS) is 10.5. The number of benzene rings is 1. The van der Waals surface area contributed by atoms with Crippen molar-refractivity contribution in [2.24, 2.45) is 0 Å². The molecule has 0 aliphatic carbocycles. The van der Waals surface area contributed by atoms with E-state index in [1.54, 1.807) is 0 Å². The summed E-state index contributed by atoms with van der Waals surface area (Å²) in [6, 6.07) is 8.67. The topological polar surface area (TPSA) is 27.8 Å². The van der Waals surface area contributed by atoms with E-state index in [1.807, 2.05) is 7.05 Å². The van der Waals surface area contributed by atoms with Gasteiger partial charge >= 0.3 is 0 Å². The van der Waals surface area contributed by atoms with Crippen LogP contribution >= 0.6 is 0 Å². The van der Waals surface area contributed by atoms with Gasteiger partial charge in [0, 0.05) is 24.1 Å². The maximum Gasteiger partial charge on any atom is 0.0458 e. The van der Waals surface area contributed by atoms with Crippen LogP contribution in [0.1, 0.15) is 16.8 Å². The minimum absolute atomic E-state index is 1.18. The van der Waals surface area contributed by atoms with Gasteiger partial charge in [0.15, 0.2) is 0 Å². The summed E-state index contributed by atoms with van der Waals surface area (Å²) in [4.78, 5) is 3.40. The van der Waals surface area contributed by atoms with Crippen molar-refractivity contribution in [1.82, 2.24) is 4.98 Å². The maximum atomic E-state index is 3.40. The number of hydrogen-bond donors (Lipinski definition) is 2. The molecule has 0 radical (unpaired) electrons. The second kappa shape index (κ2) is 4.05. The number of anilines is 1. The van der Waals surface area contributed by atoms with Crippen LogP contribution in [0.4, 0.5) is 5.69 Å². The third-order valence-electron chi connectivity index (χ3n) is 3.08. The molecule has 0 saturated carbocycles. The molecule has 0 aliphatic rings. The first-order valence-corrected chi connectivity index (χ1v) is 5.57. The fourth-order valence-corrected chi connectivity index (χ4v) is 1.93. The van der Waals surface area contributed by atoms with Crippen LogP contribution in [0.3, 0.4) is 0 Å². The Morgan fingerprint density at radius 2 is 1.75 bits per heavy atom. The molecule has 2 heteroatoms. The molecule has 2 rings (SSSR count). The van der Waals surface area contributed by atoms with Gasteiger partial charge < -0.3 is 10.3 Å². The molecule has 1 aromatic carbocycles. The zero-order valence-corrected chi connectivity index (χ0v) is 10.3. The van der Waals surface area contributed by atoms with Crippen molar-refractivity contribution in [3.63, 3.8) is 0 Å². The molecule has 0 saturated heterocycles. The fraction of sp³-hybridized carbons (Fsp3) is 0.286. The highest BCUT2D eigenvalue weighted by Crippen LogP contribution is 2.25. The Morgan fingerprint density at radius 3 is 2.25 bits per heavy atom. The van der Waals surface area contributed by atoms with Crippen molar-refractivity contribution in [2.45, 2.75) is 20.8 Å². The summed E-state index contributed by atoms with van der Waals surface area (Å²) >= 11 is 0. The lowest BCUT2D eigenvalue weighted by molar-refractivity contribution is 1.23. The van der Waals surface area contributed by atoms with E-state index >= 15 is 0 Å². The van der Waals surface area contributed by atoms with Crippen molar-refractivity contribution < 1.29 is 0 Å². The molecule has 0 fully saturated rings. The highest BCUT2D eigenvalue weighted by Gasteiger charge is 2.04. The van der Waals surface area contributed by atoms with Crippen molar-refractivity contribution in [3.05, 3.63) is 41.1 Å². The molecule has 0 bridgehead atoms. The van der Waals surface area contributed by atoms with Crippen molar-refractivity contribution in [1.29, 1.82) is 0 Å². The van der Waals surface area contributed by atoms with Crippen LogP contribution in [-0.4, -0.2) is 12.0 Å². The lowest BCUT2D eigenvalue weighted by Gasteiger charge is -2.06. The first-order chi connectivity index (χ1) is 7.61. The van der Waals surface area contributed by atoms with Gasteiger partial charge in [-0.1, -0.05) is 6.07 Å². The fourth-order valence-electron chi connectivity index (χ4n) is 1.93. The Labute approximate surface area is 96.7 Å². The summed E-state index contributed by atoms with van der Waals surface area (Å²) in [6.07, 6.45) is 0. The number of H-pyrrole nitrogens is 1. The molecule has 84 valence electrons. The second-order valence-corrected chi connectivity index (χ2v) is 4.27. The Hall–Kier alpha value is -1.70. The Bertz CT molecular complexity index is 490. The zero-order chi connectivity index (χ0) is 11.7. The van der Waals surface area contributed by atoms with Gasteiger partial charge in [-0.3, -0.25) is 0 Å². The Morgan fingerprint density at radius 1 is 1.00 bits per heavy atom. The van der Waals surface area contributed by atoms with Gasteiger partial charge in [0.2, 0.25) is 0 Å². The summed E-state index contributed by atoms with van der Waals surface area (Å²) < 4.78 is 0. The molecule has 1 heterocycles. The smallest absolute Gasteiger partial charge is 0.0458 e. The van der Waals surface area contributed by atoms with Crippen LogP contribution in [0, 0.1) is 20.8 Å². The molecule has 1 aromatic heterocycles. The monoisotopic (exact) mass is 214 g/mol. The standard InChI is InChI=1S/C14H18N2/c1-9-8-14(16-11(9)3)12-5-6-13(15-4)10(2)7-12/h5-8,15-16H,1-4H3. The summed E-state index contributed by atoms with van der Waals surface area (Å²) in [5, 5.41) is 3.18. The maximum absolute atomic E-state index is 3.40. The van der Waals surface area contributed by atoms with Crippen LogP contribution in [0.2, 0.25) is 0 Å². The number of aromatic nitrogens is 1. The van der Waals surface area contributed by atoms with Gasteiger partial charge in [-0.2, -0.15) is 0 Å². The number of rotatable bonds is 2. The lowest BCUT2D eigenvalue weighted by atomic mass is 10.1. The van der Waals surface area contributed by atoms with Crippen molar-refractivity contribution >= 4 is 5.69 Å². The quantitative estimate of drug-likeness (QED) is 0.784. The first kappa shape index (κ1) is 10.8. The van der Waals surface area contributed by atoms with E-state index in [0.717, 1.165) is 0 Å². The van der Waals surface area contributed by atoms with Crippen molar-refractivity contribution in [3.8, 4) is 11.3 Å². The number of nitrogens with one attached hydrogen (secondary N) is 2. The molecule has 2 nitrogen and oxygen atoms in total. The summed E-state index contributed by atoms with van der Waals surface area (Å²) in [5.74, 6) is 0. The number of aromatic amines is 1. The highest BCUT2D eigenvalue weighted by atomic mass is 14.8. The summed E-state index contributed by atoms with van der Waals surface area (Å²) in [6.45, 7) is 6.36. The summed E-state index contributed by atoms with van der Waals surface area (Å²) in [5.41, 5.74) is 7.44. The first-order valence-electron chi connectivity index (χ1n) is 5.57.